The Balaban J connectivity index is 1.53. The number of Topliss-reactive ketones (excluding diaryl/α,β-unsaturated/α-hetero) is 1. The Morgan fingerprint density at radius 2 is 1.57 bits per heavy atom. The molecule has 7 nitrogen and oxygen atoms in total. The average Bonchev–Trinajstić information content (AvgIpc) is 3.39. The van der Waals surface area contributed by atoms with Crippen molar-refractivity contribution < 1.29 is 14.4 Å². The molecule has 3 amide bonds. The third-order valence-corrected chi connectivity index (χ3v) is 6.96. The number of hydrogen-bond acceptors (Lipinski definition) is 4. The summed E-state index contributed by atoms with van der Waals surface area (Å²) in [5.74, 6) is -0.638. The van der Waals surface area contributed by atoms with Crippen molar-refractivity contribution in [1.82, 2.24) is 10.6 Å². The first-order chi connectivity index (χ1) is 18.0. The molecular formula is C30H30N4O3. The Bertz CT molecular complexity index is 1350. The average molecular weight is 495 g/mol. The lowest BCUT2D eigenvalue weighted by molar-refractivity contribution is -0.120. The summed E-state index contributed by atoms with van der Waals surface area (Å²) in [4.78, 5) is 46.4. The van der Waals surface area contributed by atoms with Crippen molar-refractivity contribution in [3.8, 4) is 0 Å². The van der Waals surface area contributed by atoms with Gasteiger partial charge in [0.2, 0.25) is 6.17 Å². The van der Waals surface area contributed by atoms with E-state index in [1.807, 2.05) is 79.7 Å². The molecule has 2 N–H and O–H groups in total. The lowest BCUT2D eigenvalue weighted by Crippen LogP contribution is -2.52. The summed E-state index contributed by atoms with van der Waals surface area (Å²) in [6.45, 7) is 1.71. The van der Waals surface area contributed by atoms with Gasteiger partial charge in [-0.3, -0.25) is 9.59 Å². The molecule has 188 valence electrons. The van der Waals surface area contributed by atoms with Crippen LogP contribution in [0.2, 0.25) is 0 Å². The minimum Gasteiger partial charge on any atom is -0.335 e. The summed E-state index contributed by atoms with van der Waals surface area (Å²) in [5, 5.41) is 5.76. The quantitative estimate of drug-likeness (QED) is 0.490. The number of para-hydroxylation sites is 1. The summed E-state index contributed by atoms with van der Waals surface area (Å²) in [6, 6.07) is 24.0. The van der Waals surface area contributed by atoms with Crippen LogP contribution in [-0.4, -0.2) is 42.2 Å². The van der Waals surface area contributed by atoms with E-state index in [0.717, 1.165) is 42.4 Å². The van der Waals surface area contributed by atoms with E-state index in [9.17, 15) is 14.4 Å². The molecule has 37 heavy (non-hydrogen) atoms. The first-order valence-electron chi connectivity index (χ1n) is 12.7. The number of urea groups is 1. The van der Waals surface area contributed by atoms with Crippen molar-refractivity contribution in [2.24, 2.45) is 4.99 Å². The number of anilines is 1. The van der Waals surface area contributed by atoms with Crippen molar-refractivity contribution in [1.29, 1.82) is 0 Å². The number of rotatable bonds is 6. The van der Waals surface area contributed by atoms with Gasteiger partial charge in [0.15, 0.2) is 5.78 Å². The lowest BCUT2D eigenvalue weighted by atomic mass is 9.99. The molecule has 1 atom stereocenters. The van der Waals surface area contributed by atoms with Gasteiger partial charge in [-0.1, -0.05) is 85.6 Å². The molecule has 1 saturated carbocycles. The van der Waals surface area contributed by atoms with Gasteiger partial charge >= 0.3 is 6.03 Å². The van der Waals surface area contributed by atoms with E-state index in [0.29, 0.717) is 17.0 Å². The predicted molar refractivity (Wildman–Crippen MR) is 144 cm³/mol. The van der Waals surface area contributed by atoms with E-state index >= 15 is 0 Å². The number of aliphatic imine (C=N–C) groups is 1. The van der Waals surface area contributed by atoms with E-state index in [1.54, 1.807) is 6.07 Å². The standard InChI is InChI=1S/C30H30N4O3/c1-20-11-5-8-16-23(20)26(35)19-34-25-18-10-9-17-24(25)27(21-12-3-2-4-13-21)32-28(29(34)36)33-30(37)31-22-14-6-7-15-22/h2-5,8-13,16-18,22,28H,6-7,14-15,19H2,1H3,(H2,31,33,37). The van der Waals surface area contributed by atoms with Gasteiger partial charge in [0.1, 0.15) is 0 Å². The van der Waals surface area contributed by atoms with Gasteiger partial charge in [-0.15, -0.1) is 0 Å². The second-order valence-corrected chi connectivity index (χ2v) is 9.53. The number of benzene rings is 3. The number of hydrogen-bond donors (Lipinski definition) is 2. The summed E-state index contributed by atoms with van der Waals surface area (Å²) in [7, 11) is 0. The molecule has 1 heterocycles. The molecule has 2 aliphatic rings. The molecule has 0 saturated heterocycles. The minimum atomic E-state index is -1.19. The molecule has 0 radical (unpaired) electrons. The molecule has 1 aliphatic carbocycles. The number of carbonyl (C=O) groups excluding carboxylic acids is 3. The Morgan fingerprint density at radius 1 is 0.892 bits per heavy atom. The maximum Gasteiger partial charge on any atom is 0.317 e. The van der Waals surface area contributed by atoms with Crippen LogP contribution in [0.5, 0.6) is 0 Å². The number of nitrogens with one attached hydrogen (secondary N) is 2. The smallest absolute Gasteiger partial charge is 0.317 e. The van der Waals surface area contributed by atoms with Gasteiger partial charge < -0.3 is 15.5 Å². The molecule has 5 rings (SSSR count). The first-order valence-corrected chi connectivity index (χ1v) is 12.7. The van der Waals surface area contributed by atoms with Crippen molar-refractivity contribution >= 4 is 29.1 Å². The Hall–Kier alpha value is -4.26. The van der Waals surface area contributed by atoms with Crippen LogP contribution < -0.4 is 15.5 Å². The van der Waals surface area contributed by atoms with Gasteiger partial charge in [0.25, 0.3) is 5.91 Å². The molecule has 1 aliphatic heterocycles. The van der Waals surface area contributed by atoms with E-state index < -0.39 is 18.1 Å². The van der Waals surface area contributed by atoms with Crippen molar-refractivity contribution in [3.05, 3.63) is 101 Å². The SMILES string of the molecule is Cc1ccccc1C(=O)CN1C(=O)C(NC(=O)NC2CCCC2)N=C(c2ccccc2)c2ccccc21. The number of nitrogens with zero attached hydrogens (tertiary/aromatic N) is 2. The minimum absolute atomic E-state index is 0.0920. The molecular weight excluding hydrogens is 464 g/mol. The van der Waals surface area contributed by atoms with Gasteiger partial charge in [0.05, 0.1) is 17.9 Å². The lowest BCUT2D eigenvalue weighted by Gasteiger charge is -2.25. The maximum atomic E-state index is 13.9. The monoisotopic (exact) mass is 494 g/mol. The van der Waals surface area contributed by atoms with Crippen molar-refractivity contribution in [2.75, 3.05) is 11.4 Å². The van der Waals surface area contributed by atoms with Crippen LogP contribution in [0.3, 0.4) is 0 Å². The predicted octanol–water partition coefficient (Wildman–Crippen LogP) is 4.63. The number of aryl methyl sites for hydroxylation is 1. The maximum absolute atomic E-state index is 13.9. The highest BCUT2D eigenvalue weighted by Gasteiger charge is 2.34. The van der Waals surface area contributed by atoms with E-state index in [1.165, 1.54) is 4.90 Å². The Labute approximate surface area is 216 Å². The summed E-state index contributed by atoms with van der Waals surface area (Å²) < 4.78 is 0. The fourth-order valence-corrected chi connectivity index (χ4v) is 5.05. The number of amides is 3. The molecule has 0 spiro atoms. The van der Waals surface area contributed by atoms with Crippen LogP contribution in [0.1, 0.15) is 52.7 Å². The van der Waals surface area contributed by atoms with E-state index in [2.05, 4.69) is 10.6 Å². The molecule has 1 unspecified atom stereocenters. The second-order valence-electron chi connectivity index (χ2n) is 9.53. The first kappa shape index (κ1) is 24.4. The molecule has 1 fully saturated rings. The fraction of sp³-hybridized carbons (Fsp3) is 0.267. The highest BCUT2D eigenvalue weighted by Crippen LogP contribution is 2.29. The normalized spacial score (nSPS) is 17.5. The number of benzodiazepines with no additional fused rings is 1. The summed E-state index contributed by atoms with van der Waals surface area (Å²) >= 11 is 0. The van der Waals surface area contributed by atoms with E-state index in [-0.39, 0.29) is 18.4 Å². The zero-order valence-corrected chi connectivity index (χ0v) is 20.8. The zero-order valence-electron chi connectivity index (χ0n) is 20.8. The van der Waals surface area contributed by atoms with Crippen LogP contribution in [0, 0.1) is 6.92 Å². The van der Waals surface area contributed by atoms with Gasteiger partial charge in [-0.2, -0.15) is 0 Å². The molecule has 0 bridgehead atoms. The highest BCUT2D eigenvalue weighted by atomic mass is 16.2. The highest BCUT2D eigenvalue weighted by molar-refractivity contribution is 6.21. The van der Waals surface area contributed by atoms with Crippen LogP contribution in [-0.2, 0) is 4.79 Å². The molecule has 3 aromatic rings. The van der Waals surface area contributed by atoms with Crippen LogP contribution >= 0.6 is 0 Å². The van der Waals surface area contributed by atoms with Crippen LogP contribution in [0.4, 0.5) is 10.5 Å². The summed E-state index contributed by atoms with van der Waals surface area (Å²) in [5.41, 5.74) is 4.11. The second kappa shape index (κ2) is 10.8. The molecule has 3 aromatic carbocycles. The Morgan fingerprint density at radius 3 is 2.32 bits per heavy atom. The molecule has 7 heteroatoms. The van der Waals surface area contributed by atoms with Gasteiger partial charge in [0, 0.05) is 22.7 Å². The Kier molecular flexibility index (Phi) is 7.12. The van der Waals surface area contributed by atoms with E-state index in [4.69, 9.17) is 4.99 Å². The fourth-order valence-electron chi connectivity index (χ4n) is 5.05. The van der Waals surface area contributed by atoms with Crippen molar-refractivity contribution in [2.45, 2.75) is 44.8 Å². The van der Waals surface area contributed by atoms with Gasteiger partial charge in [-0.25, -0.2) is 9.79 Å². The number of ketones is 1. The van der Waals surface area contributed by atoms with Crippen LogP contribution in [0.25, 0.3) is 0 Å². The third kappa shape index (κ3) is 5.31. The number of carbonyl (C=O) groups is 3. The van der Waals surface area contributed by atoms with Crippen LogP contribution in [0.15, 0.2) is 83.9 Å². The third-order valence-electron chi connectivity index (χ3n) is 6.96. The topological polar surface area (TPSA) is 90.9 Å². The number of fused-ring (bicyclic) bond motifs is 1. The molecule has 0 aromatic heterocycles. The van der Waals surface area contributed by atoms with Crippen molar-refractivity contribution in [3.63, 3.8) is 0 Å². The zero-order chi connectivity index (χ0) is 25.8. The van der Waals surface area contributed by atoms with Gasteiger partial charge in [-0.05, 0) is 31.4 Å². The summed E-state index contributed by atoms with van der Waals surface area (Å²) in [6.07, 6.45) is 2.82. The largest absolute Gasteiger partial charge is 0.335 e.